The van der Waals surface area contributed by atoms with Crippen LogP contribution in [0.3, 0.4) is 0 Å². The number of anilines is 2. The van der Waals surface area contributed by atoms with E-state index in [0.29, 0.717) is 11.5 Å². The fourth-order valence-electron chi connectivity index (χ4n) is 4.09. The van der Waals surface area contributed by atoms with Gasteiger partial charge in [0.25, 0.3) is 5.69 Å². The van der Waals surface area contributed by atoms with Crippen LogP contribution < -0.4 is 15.7 Å². The molecule has 0 bridgehead atoms. The molecule has 0 atom stereocenters. The summed E-state index contributed by atoms with van der Waals surface area (Å²) in [6.45, 7) is 0. The standard InChI is InChI=1S/C27H20N6O2.ClH/c34-33(35)24-16-14-23(15-17-24)32-30-27(20-6-2-1-3-7-20)29-31(32)22-12-10-19(11-13-22)26-18-21-8-4-5-9-25(21)28-26;/h1-18,28H,(H,29,30);1H. The maximum Gasteiger partial charge on any atom is 0.269 e. The Morgan fingerprint density at radius 1 is 0.750 bits per heavy atom. The molecule has 0 saturated heterocycles. The van der Waals surface area contributed by atoms with Crippen LogP contribution in [-0.4, -0.2) is 15.7 Å². The van der Waals surface area contributed by atoms with E-state index in [0.717, 1.165) is 33.4 Å². The number of nitro groups is 1. The summed E-state index contributed by atoms with van der Waals surface area (Å²) < 4.78 is 0. The van der Waals surface area contributed by atoms with Crippen LogP contribution >= 0.6 is 12.4 Å². The Hall–Kier alpha value is -4.82. The first-order valence-electron chi connectivity index (χ1n) is 11.1. The van der Waals surface area contributed by atoms with Crippen molar-refractivity contribution in [3.8, 4) is 11.3 Å². The van der Waals surface area contributed by atoms with E-state index in [-0.39, 0.29) is 18.1 Å². The molecule has 36 heavy (non-hydrogen) atoms. The van der Waals surface area contributed by atoms with Crippen LogP contribution in [-0.2, 0) is 0 Å². The van der Waals surface area contributed by atoms with Gasteiger partial charge < -0.3 is 4.98 Å². The normalized spacial score (nSPS) is 12.7. The number of aromatic amines is 1. The van der Waals surface area contributed by atoms with E-state index in [2.05, 4.69) is 40.7 Å². The number of non-ortho nitro benzene ring substituents is 1. The maximum atomic E-state index is 11.1. The number of H-pyrrole nitrogens is 1. The third kappa shape index (κ3) is 4.21. The average molecular weight is 497 g/mol. The number of amidine groups is 1. The zero-order chi connectivity index (χ0) is 23.8. The molecule has 2 heterocycles. The number of hydrazone groups is 1. The molecule has 6 rings (SSSR count). The van der Waals surface area contributed by atoms with Gasteiger partial charge in [-0.1, -0.05) is 60.7 Å². The molecule has 4 aromatic carbocycles. The lowest BCUT2D eigenvalue weighted by atomic mass is 10.1. The number of nitrogens with one attached hydrogen (secondary N) is 2. The van der Waals surface area contributed by atoms with Gasteiger partial charge >= 0.3 is 0 Å². The molecule has 1 aromatic heterocycles. The lowest BCUT2D eigenvalue weighted by molar-refractivity contribution is -0.384. The van der Waals surface area contributed by atoms with E-state index >= 15 is 0 Å². The van der Waals surface area contributed by atoms with Crippen molar-refractivity contribution in [2.45, 2.75) is 0 Å². The third-order valence-electron chi connectivity index (χ3n) is 5.89. The summed E-state index contributed by atoms with van der Waals surface area (Å²) in [4.78, 5) is 14.2. The Bertz CT molecular complexity index is 1520. The molecule has 0 spiro atoms. The number of benzene rings is 4. The van der Waals surface area contributed by atoms with E-state index in [1.807, 2.05) is 59.7 Å². The molecule has 5 aromatic rings. The Labute approximate surface area is 213 Å². The number of aromatic nitrogens is 1. The molecule has 9 heteroatoms. The van der Waals surface area contributed by atoms with Crippen molar-refractivity contribution in [2.24, 2.45) is 5.10 Å². The number of hydrogen-bond donors (Lipinski definition) is 2. The van der Waals surface area contributed by atoms with E-state index in [1.54, 1.807) is 17.3 Å². The number of rotatable bonds is 5. The summed E-state index contributed by atoms with van der Waals surface area (Å²) in [5.74, 6) is 0.670. The summed E-state index contributed by atoms with van der Waals surface area (Å²) >= 11 is 0. The first-order valence-corrected chi connectivity index (χ1v) is 11.1. The van der Waals surface area contributed by atoms with Gasteiger partial charge in [-0.05, 0) is 42.0 Å². The molecule has 0 fully saturated rings. The molecule has 1 aliphatic rings. The van der Waals surface area contributed by atoms with E-state index in [4.69, 9.17) is 5.10 Å². The highest BCUT2D eigenvalue weighted by Crippen LogP contribution is 2.30. The summed E-state index contributed by atoms with van der Waals surface area (Å²) in [6, 6.07) is 34.6. The molecule has 0 unspecified atom stereocenters. The highest BCUT2D eigenvalue weighted by molar-refractivity contribution is 6.02. The van der Waals surface area contributed by atoms with Crippen LogP contribution in [0.2, 0.25) is 0 Å². The van der Waals surface area contributed by atoms with Crippen molar-refractivity contribution in [1.82, 2.24) is 10.4 Å². The van der Waals surface area contributed by atoms with Crippen molar-refractivity contribution < 1.29 is 4.92 Å². The monoisotopic (exact) mass is 496 g/mol. The van der Waals surface area contributed by atoms with Crippen LogP contribution in [0, 0.1) is 10.1 Å². The minimum atomic E-state index is -0.412. The first kappa shape index (κ1) is 22.9. The number of fused-ring (bicyclic) bond motifs is 1. The number of nitro benzene ring substituents is 1. The maximum absolute atomic E-state index is 11.1. The summed E-state index contributed by atoms with van der Waals surface area (Å²) in [6.07, 6.45) is 0. The first-order chi connectivity index (χ1) is 17.2. The SMILES string of the molecule is Cl.O=[N+]([O-])c1ccc(N2N=C(c3ccccc3)NN2c2ccc(-c3cc4ccccc4[nH]3)cc2)cc1. The van der Waals surface area contributed by atoms with Crippen molar-refractivity contribution in [2.75, 3.05) is 10.2 Å². The Balaban J connectivity index is 0.00000267. The molecule has 0 saturated carbocycles. The van der Waals surface area contributed by atoms with Gasteiger partial charge in [-0.25, -0.2) is 0 Å². The number of hydrazine groups is 2. The van der Waals surface area contributed by atoms with E-state index < -0.39 is 4.92 Å². The summed E-state index contributed by atoms with van der Waals surface area (Å²) in [5.41, 5.74) is 9.07. The van der Waals surface area contributed by atoms with Gasteiger partial charge in [0.05, 0.1) is 16.3 Å². The molecule has 178 valence electrons. The Morgan fingerprint density at radius 3 is 2.11 bits per heavy atom. The number of halogens is 1. The van der Waals surface area contributed by atoms with Crippen molar-refractivity contribution in [1.29, 1.82) is 0 Å². The minimum Gasteiger partial charge on any atom is -0.355 e. The minimum absolute atomic E-state index is 0. The molecule has 0 amide bonds. The van der Waals surface area contributed by atoms with Crippen molar-refractivity contribution >= 4 is 46.2 Å². The molecule has 8 nitrogen and oxygen atoms in total. The Kier molecular flexibility index (Phi) is 6.02. The third-order valence-corrected chi connectivity index (χ3v) is 5.89. The fraction of sp³-hybridized carbons (Fsp3) is 0. The van der Waals surface area contributed by atoms with Crippen LogP contribution in [0.5, 0.6) is 0 Å². The lowest BCUT2D eigenvalue weighted by Gasteiger charge is -2.28. The predicted octanol–water partition coefficient (Wildman–Crippen LogP) is 6.27. The zero-order valence-corrected chi connectivity index (χ0v) is 19.7. The average Bonchev–Trinajstić information content (AvgIpc) is 3.55. The van der Waals surface area contributed by atoms with Crippen LogP contribution in [0.4, 0.5) is 17.1 Å². The van der Waals surface area contributed by atoms with E-state index in [9.17, 15) is 10.1 Å². The molecule has 1 aliphatic heterocycles. The van der Waals surface area contributed by atoms with Gasteiger partial charge in [-0.3, -0.25) is 15.5 Å². The van der Waals surface area contributed by atoms with Gasteiger partial charge in [0.1, 0.15) is 0 Å². The quantitative estimate of drug-likeness (QED) is 0.221. The van der Waals surface area contributed by atoms with Crippen LogP contribution in [0.15, 0.2) is 114 Å². The van der Waals surface area contributed by atoms with Crippen molar-refractivity contribution in [3.63, 3.8) is 0 Å². The number of nitrogens with zero attached hydrogens (tertiary/aromatic N) is 4. The van der Waals surface area contributed by atoms with Crippen LogP contribution in [0.1, 0.15) is 5.56 Å². The second-order valence-corrected chi connectivity index (χ2v) is 8.12. The van der Waals surface area contributed by atoms with Gasteiger partial charge in [-0.15, -0.1) is 17.5 Å². The highest BCUT2D eigenvalue weighted by atomic mass is 35.5. The summed E-state index contributed by atoms with van der Waals surface area (Å²) in [5, 5.41) is 20.5. The smallest absolute Gasteiger partial charge is 0.269 e. The Morgan fingerprint density at radius 2 is 1.42 bits per heavy atom. The second kappa shape index (κ2) is 9.44. The molecular formula is C27H21ClN6O2. The number of hydrogen-bond acceptors (Lipinski definition) is 6. The topological polar surface area (TPSA) is 89.8 Å². The molecular weight excluding hydrogens is 476 g/mol. The van der Waals surface area contributed by atoms with Gasteiger partial charge in [-0.2, -0.15) is 10.2 Å². The van der Waals surface area contributed by atoms with Crippen LogP contribution in [0.25, 0.3) is 22.2 Å². The van der Waals surface area contributed by atoms with Crippen molar-refractivity contribution in [3.05, 3.63) is 125 Å². The number of para-hydroxylation sites is 1. The largest absolute Gasteiger partial charge is 0.355 e. The van der Waals surface area contributed by atoms with Gasteiger partial charge in [0.15, 0.2) is 5.84 Å². The van der Waals surface area contributed by atoms with Gasteiger partial charge in [0.2, 0.25) is 0 Å². The molecule has 2 N–H and O–H groups in total. The highest BCUT2D eigenvalue weighted by Gasteiger charge is 2.27. The van der Waals surface area contributed by atoms with E-state index in [1.165, 1.54) is 12.1 Å². The molecule has 0 radical (unpaired) electrons. The molecule has 0 aliphatic carbocycles. The lowest BCUT2D eigenvalue weighted by Crippen LogP contribution is -2.44. The fourth-order valence-corrected chi connectivity index (χ4v) is 4.09. The second-order valence-electron chi connectivity index (χ2n) is 8.12. The predicted molar refractivity (Wildman–Crippen MR) is 145 cm³/mol. The zero-order valence-electron chi connectivity index (χ0n) is 18.9. The summed E-state index contributed by atoms with van der Waals surface area (Å²) in [7, 11) is 0. The van der Waals surface area contributed by atoms with Gasteiger partial charge in [0, 0.05) is 34.3 Å².